The summed E-state index contributed by atoms with van der Waals surface area (Å²) in [7, 11) is 3.42. The fourth-order valence-electron chi connectivity index (χ4n) is 3.16. The van der Waals surface area contributed by atoms with Crippen molar-refractivity contribution in [2.24, 2.45) is 0 Å². The minimum absolute atomic E-state index is 0. The molecule has 0 aliphatic heterocycles. The molecule has 0 fully saturated rings. The SMILES string of the molecule is CC(C)Oc1ccccc1-c1nnc(-c2nc(-c3ccc(C(=O)N(C)C)cc3)cnc2N)o1.[HH].[HH]. The molecule has 0 aliphatic rings. The summed E-state index contributed by atoms with van der Waals surface area (Å²) in [5.74, 6) is 1.17. The van der Waals surface area contributed by atoms with E-state index in [0.29, 0.717) is 28.5 Å². The van der Waals surface area contributed by atoms with E-state index in [1.807, 2.05) is 38.1 Å². The number of amides is 1. The van der Waals surface area contributed by atoms with Crippen LogP contribution in [0, 0.1) is 0 Å². The Labute approximate surface area is 194 Å². The minimum Gasteiger partial charge on any atom is -0.490 e. The van der Waals surface area contributed by atoms with Crippen molar-refractivity contribution >= 4 is 11.7 Å². The number of rotatable bonds is 6. The van der Waals surface area contributed by atoms with Gasteiger partial charge in [0.1, 0.15) is 5.75 Å². The van der Waals surface area contributed by atoms with E-state index in [1.54, 1.807) is 44.6 Å². The Bertz CT molecular complexity index is 1290. The largest absolute Gasteiger partial charge is 0.490 e. The van der Waals surface area contributed by atoms with Crippen LogP contribution >= 0.6 is 0 Å². The Morgan fingerprint density at radius 2 is 1.76 bits per heavy atom. The summed E-state index contributed by atoms with van der Waals surface area (Å²) in [4.78, 5) is 22.5. The number of anilines is 1. The third kappa shape index (κ3) is 4.67. The molecule has 0 saturated carbocycles. The summed E-state index contributed by atoms with van der Waals surface area (Å²) in [6.45, 7) is 3.89. The topological polar surface area (TPSA) is 120 Å². The average Bonchev–Trinajstić information content (AvgIpc) is 3.29. The molecule has 0 spiro atoms. The monoisotopic (exact) mass is 448 g/mol. The van der Waals surface area contributed by atoms with Crippen molar-refractivity contribution in [3.8, 4) is 40.0 Å². The van der Waals surface area contributed by atoms with E-state index < -0.39 is 0 Å². The van der Waals surface area contributed by atoms with Gasteiger partial charge in [0, 0.05) is 28.1 Å². The molecule has 33 heavy (non-hydrogen) atoms. The number of carbonyl (C=O) groups excluding carboxylic acids is 1. The molecule has 0 saturated heterocycles. The van der Waals surface area contributed by atoms with E-state index in [2.05, 4.69) is 20.2 Å². The first-order valence-electron chi connectivity index (χ1n) is 10.4. The molecule has 0 bridgehead atoms. The number of nitrogen functional groups attached to an aromatic ring is 1. The van der Waals surface area contributed by atoms with Crippen LogP contribution in [0.2, 0.25) is 0 Å². The lowest BCUT2D eigenvalue weighted by Crippen LogP contribution is -2.21. The van der Waals surface area contributed by atoms with Gasteiger partial charge in [0.05, 0.1) is 23.6 Å². The zero-order chi connectivity index (χ0) is 23.5. The molecule has 0 radical (unpaired) electrons. The van der Waals surface area contributed by atoms with Gasteiger partial charge in [0.15, 0.2) is 11.5 Å². The lowest BCUT2D eigenvalue weighted by molar-refractivity contribution is 0.0827. The highest BCUT2D eigenvalue weighted by atomic mass is 16.5. The molecule has 0 atom stereocenters. The lowest BCUT2D eigenvalue weighted by Gasteiger charge is -2.11. The normalized spacial score (nSPS) is 10.9. The number of nitrogens with zero attached hydrogens (tertiary/aromatic N) is 5. The molecule has 0 aliphatic carbocycles. The molecule has 4 aromatic rings. The van der Waals surface area contributed by atoms with Crippen molar-refractivity contribution in [3.63, 3.8) is 0 Å². The first-order chi connectivity index (χ1) is 15.8. The second-order valence-corrected chi connectivity index (χ2v) is 7.84. The number of benzene rings is 2. The maximum atomic E-state index is 12.1. The zero-order valence-electron chi connectivity index (χ0n) is 18.8. The van der Waals surface area contributed by atoms with Crippen molar-refractivity contribution in [1.29, 1.82) is 0 Å². The standard InChI is InChI=1S/C24H24N6O3.2H2/c1-14(2)32-19-8-6-5-7-17(19)22-28-29-23(33-22)20-21(25)26-13-18(27-20)15-9-11-16(12-10-15)24(31)30(3)4;;/h5-14H,1-4H3,(H2,25,26);2*1H. The van der Waals surface area contributed by atoms with Crippen LogP contribution in [0.1, 0.15) is 27.1 Å². The molecule has 2 N–H and O–H groups in total. The van der Waals surface area contributed by atoms with Crippen LogP contribution in [0.4, 0.5) is 5.82 Å². The highest BCUT2D eigenvalue weighted by Gasteiger charge is 2.19. The minimum atomic E-state index is -0.0780. The molecule has 9 nitrogen and oxygen atoms in total. The van der Waals surface area contributed by atoms with E-state index in [1.165, 1.54) is 4.90 Å². The first-order valence-corrected chi connectivity index (χ1v) is 10.4. The van der Waals surface area contributed by atoms with Crippen molar-refractivity contribution in [2.45, 2.75) is 20.0 Å². The van der Waals surface area contributed by atoms with Gasteiger partial charge in [-0.2, -0.15) is 0 Å². The first kappa shape index (κ1) is 21.9. The molecule has 4 rings (SSSR count). The van der Waals surface area contributed by atoms with Gasteiger partial charge in [-0.3, -0.25) is 4.79 Å². The number of carbonyl (C=O) groups is 1. The Balaban J connectivity index is 0.00000216. The highest BCUT2D eigenvalue weighted by molar-refractivity contribution is 5.94. The van der Waals surface area contributed by atoms with Crippen LogP contribution in [0.25, 0.3) is 34.3 Å². The van der Waals surface area contributed by atoms with Crippen LogP contribution in [0.15, 0.2) is 59.1 Å². The molecule has 2 aromatic carbocycles. The summed E-state index contributed by atoms with van der Waals surface area (Å²) < 4.78 is 11.7. The lowest BCUT2D eigenvalue weighted by atomic mass is 10.1. The summed E-state index contributed by atoms with van der Waals surface area (Å²) in [5.41, 5.74) is 8.93. The van der Waals surface area contributed by atoms with Crippen LogP contribution in [-0.4, -0.2) is 51.2 Å². The van der Waals surface area contributed by atoms with Crippen molar-refractivity contribution in [3.05, 3.63) is 60.3 Å². The molecule has 2 aromatic heterocycles. The van der Waals surface area contributed by atoms with Gasteiger partial charge in [-0.1, -0.05) is 24.3 Å². The molecule has 2 heterocycles. The smallest absolute Gasteiger partial charge is 0.270 e. The molecule has 9 heteroatoms. The second-order valence-electron chi connectivity index (χ2n) is 7.84. The van der Waals surface area contributed by atoms with Crippen molar-refractivity contribution in [1.82, 2.24) is 25.1 Å². The van der Waals surface area contributed by atoms with Gasteiger partial charge in [-0.05, 0) is 38.1 Å². The predicted molar refractivity (Wildman–Crippen MR) is 129 cm³/mol. The molecule has 1 amide bonds. The molecular weight excluding hydrogens is 420 g/mol. The molecule has 172 valence electrons. The van der Waals surface area contributed by atoms with Crippen LogP contribution in [0.3, 0.4) is 0 Å². The summed E-state index contributed by atoms with van der Waals surface area (Å²) in [6.07, 6.45) is 1.55. The van der Waals surface area contributed by atoms with E-state index in [-0.39, 0.29) is 32.3 Å². The third-order valence-electron chi connectivity index (χ3n) is 4.74. The van der Waals surface area contributed by atoms with Gasteiger partial charge < -0.3 is 19.8 Å². The van der Waals surface area contributed by atoms with Crippen molar-refractivity contribution in [2.75, 3.05) is 19.8 Å². The summed E-state index contributed by atoms with van der Waals surface area (Å²) in [5, 5.41) is 8.29. The number of nitrogens with two attached hydrogens (primary N) is 1. The Morgan fingerprint density at radius 3 is 2.45 bits per heavy atom. The van der Waals surface area contributed by atoms with Crippen LogP contribution < -0.4 is 10.5 Å². The second kappa shape index (κ2) is 9.07. The number of aromatic nitrogens is 4. The van der Waals surface area contributed by atoms with E-state index in [9.17, 15) is 4.79 Å². The maximum absolute atomic E-state index is 12.1. The van der Waals surface area contributed by atoms with Crippen molar-refractivity contribution < 1.29 is 16.8 Å². The fraction of sp³-hybridized carbons (Fsp3) is 0.208. The Morgan fingerprint density at radius 1 is 1.06 bits per heavy atom. The van der Waals surface area contributed by atoms with E-state index in [0.717, 1.165) is 5.56 Å². The van der Waals surface area contributed by atoms with E-state index in [4.69, 9.17) is 14.9 Å². The predicted octanol–water partition coefficient (Wildman–Crippen LogP) is 4.42. The molecule has 0 unspecified atom stereocenters. The Hall–Kier alpha value is -4.27. The van der Waals surface area contributed by atoms with Crippen LogP contribution in [0.5, 0.6) is 5.75 Å². The van der Waals surface area contributed by atoms with Gasteiger partial charge in [-0.15, -0.1) is 10.2 Å². The van der Waals surface area contributed by atoms with E-state index >= 15 is 0 Å². The van der Waals surface area contributed by atoms with Crippen LogP contribution in [-0.2, 0) is 0 Å². The Kier molecular flexibility index (Phi) is 6.03. The van der Waals surface area contributed by atoms with Gasteiger partial charge in [-0.25, -0.2) is 9.97 Å². The fourth-order valence-corrected chi connectivity index (χ4v) is 3.16. The zero-order valence-corrected chi connectivity index (χ0v) is 18.8. The maximum Gasteiger partial charge on any atom is 0.270 e. The summed E-state index contributed by atoms with van der Waals surface area (Å²) >= 11 is 0. The average molecular weight is 449 g/mol. The third-order valence-corrected chi connectivity index (χ3v) is 4.74. The number of para-hydroxylation sites is 1. The van der Waals surface area contributed by atoms with Gasteiger partial charge >= 0.3 is 0 Å². The number of ether oxygens (including phenoxy) is 1. The number of hydrogen-bond donors (Lipinski definition) is 1. The van der Waals surface area contributed by atoms with Gasteiger partial charge in [0.2, 0.25) is 0 Å². The summed E-state index contributed by atoms with van der Waals surface area (Å²) in [6, 6.07) is 14.5. The number of hydrogen-bond acceptors (Lipinski definition) is 8. The van der Waals surface area contributed by atoms with Gasteiger partial charge in [0.25, 0.3) is 17.7 Å². The quantitative estimate of drug-likeness (QED) is 0.460. The molecular formula is C24H28N6O3. The highest BCUT2D eigenvalue weighted by Crippen LogP contribution is 2.32.